The van der Waals surface area contributed by atoms with Gasteiger partial charge in [0.05, 0.1) is 10.0 Å². The third-order valence-corrected chi connectivity index (χ3v) is 4.80. The van der Waals surface area contributed by atoms with Crippen molar-refractivity contribution in [2.75, 3.05) is 13.1 Å². The molecule has 3 rings (SSSR count). The molecule has 116 valence electrons. The Morgan fingerprint density at radius 2 is 1.59 bits per heavy atom. The number of aromatic hydroxyl groups is 3. The number of phenolic OH excluding ortho intramolecular Hbond substituents is 3. The third kappa shape index (κ3) is 2.47. The minimum atomic E-state index is -0.393. The fourth-order valence-corrected chi connectivity index (χ4v) is 3.51. The zero-order chi connectivity index (χ0) is 15.9. The van der Waals surface area contributed by atoms with Gasteiger partial charge in [-0.2, -0.15) is 0 Å². The van der Waals surface area contributed by atoms with Gasteiger partial charge in [0, 0.05) is 12.5 Å². The molecule has 0 aromatic heterocycles. The molecule has 0 saturated carbocycles. The maximum absolute atomic E-state index is 10.0. The molecule has 6 heteroatoms. The molecule has 2 aromatic rings. The summed E-state index contributed by atoms with van der Waals surface area (Å²) in [6.07, 6.45) is 0.607. The average molecular weight is 340 g/mol. The summed E-state index contributed by atoms with van der Waals surface area (Å²) in [4.78, 5) is 0. The summed E-state index contributed by atoms with van der Waals surface area (Å²) in [5.74, 6) is -0.717. The quantitative estimate of drug-likeness (QED) is 0.601. The van der Waals surface area contributed by atoms with Gasteiger partial charge in [-0.3, -0.25) is 0 Å². The van der Waals surface area contributed by atoms with Crippen molar-refractivity contribution in [3.8, 4) is 17.2 Å². The van der Waals surface area contributed by atoms with Gasteiger partial charge in [-0.25, -0.2) is 0 Å². The van der Waals surface area contributed by atoms with Gasteiger partial charge in [0.1, 0.15) is 5.75 Å². The summed E-state index contributed by atoms with van der Waals surface area (Å²) < 4.78 is 0. The van der Waals surface area contributed by atoms with E-state index in [0.717, 1.165) is 16.7 Å². The van der Waals surface area contributed by atoms with Crippen molar-refractivity contribution in [1.29, 1.82) is 0 Å². The van der Waals surface area contributed by atoms with E-state index in [1.165, 1.54) is 0 Å². The Bertz CT molecular complexity index is 717. The van der Waals surface area contributed by atoms with E-state index in [4.69, 9.17) is 23.2 Å². The van der Waals surface area contributed by atoms with Gasteiger partial charge in [0.2, 0.25) is 0 Å². The first-order valence-electron chi connectivity index (χ1n) is 6.92. The van der Waals surface area contributed by atoms with Crippen molar-refractivity contribution in [1.82, 2.24) is 5.32 Å². The number of hydrogen-bond donors (Lipinski definition) is 4. The van der Waals surface area contributed by atoms with Crippen LogP contribution in [0.3, 0.4) is 0 Å². The second-order valence-corrected chi connectivity index (χ2v) is 6.07. The van der Waals surface area contributed by atoms with Crippen LogP contribution in [0.1, 0.15) is 22.6 Å². The second kappa shape index (κ2) is 5.88. The van der Waals surface area contributed by atoms with Crippen molar-refractivity contribution < 1.29 is 15.3 Å². The third-order valence-electron chi connectivity index (χ3n) is 4.01. The predicted molar refractivity (Wildman–Crippen MR) is 86.3 cm³/mol. The van der Waals surface area contributed by atoms with Crippen molar-refractivity contribution in [3.63, 3.8) is 0 Å². The van der Waals surface area contributed by atoms with Crippen LogP contribution in [-0.4, -0.2) is 28.4 Å². The van der Waals surface area contributed by atoms with Crippen LogP contribution >= 0.6 is 23.2 Å². The van der Waals surface area contributed by atoms with Gasteiger partial charge in [0.25, 0.3) is 0 Å². The van der Waals surface area contributed by atoms with E-state index in [0.29, 0.717) is 19.5 Å². The second-order valence-electron chi connectivity index (χ2n) is 5.32. The number of phenols is 3. The van der Waals surface area contributed by atoms with E-state index < -0.39 is 5.75 Å². The van der Waals surface area contributed by atoms with Crippen LogP contribution in [0.25, 0.3) is 0 Å². The number of hydrogen-bond acceptors (Lipinski definition) is 4. The molecule has 1 aliphatic rings. The van der Waals surface area contributed by atoms with Crippen LogP contribution in [-0.2, 0) is 6.42 Å². The highest BCUT2D eigenvalue weighted by atomic mass is 35.5. The molecule has 0 saturated heterocycles. The summed E-state index contributed by atoms with van der Waals surface area (Å²) in [6, 6.07) is 6.83. The minimum Gasteiger partial charge on any atom is -0.508 e. The first-order valence-corrected chi connectivity index (χ1v) is 7.67. The first-order chi connectivity index (χ1) is 10.5. The van der Waals surface area contributed by atoms with E-state index >= 15 is 0 Å². The molecule has 4 nitrogen and oxygen atoms in total. The van der Waals surface area contributed by atoms with Gasteiger partial charge in [-0.1, -0.05) is 35.3 Å². The number of fused-ring (bicyclic) bond motifs is 1. The number of halogens is 2. The number of nitrogens with one attached hydrogen (secondary N) is 1. The van der Waals surface area contributed by atoms with Gasteiger partial charge < -0.3 is 20.6 Å². The zero-order valence-corrected chi connectivity index (χ0v) is 13.1. The summed E-state index contributed by atoms with van der Waals surface area (Å²) in [5, 5.41) is 32.9. The van der Waals surface area contributed by atoms with E-state index in [2.05, 4.69) is 5.32 Å². The van der Waals surface area contributed by atoms with E-state index in [9.17, 15) is 15.3 Å². The maximum Gasteiger partial charge on any atom is 0.178 e. The molecule has 0 spiro atoms. The van der Waals surface area contributed by atoms with Crippen LogP contribution in [0, 0.1) is 0 Å². The molecule has 2 aromatic carbocycles. The molecule has 0 aliphatic carbocycles. The van der Waals surface area contributed by atoms with Crippen LogP contribution in [0.2, 0.25) is 10.0 Å². The lowest BCUT2D eigenvalue weighted by atomic mass is 9.87. The normalized spacial score (nSPS) is 17.8. The number of rotatable bonds is 1. The molecule has 1 unspecified atom stereocenters. The molecule has 1 heterocycles. The SMILES string of the molecule is Oc1ccc(C2CNCCc3c(Cl)c(O)c(O)c(Cl)c32)cc1. The van der Waals surface area contributed by atoms with Gasteiger partial charge >= 0.3 is 0 Å². The molecular weight excluding hydrogens is 325 g/mol. The minimum absolute atomic E-state index is 0.124. The van der Waals surface area contributed by atoms with Gasteiger partial charge in [-0.05, 0) is 41.8 Å². The Balaban J connectivity index is 2.22. The van der Waals surface area contributed by atoms with E-state index in [1.807, 2.05) is 12.1 Å². The van der Waals surface area contributed by atoms with Crippen molar-refractivity contribution in [2.45, 2.75) is 12.3 Å². The average Bonchev–Trinajstić information content (AvgIpc) is 2.74. The van der Waals surface area contributed by atoms with E-state index in [-0.39, 0.29) is 27.5 Å². The Morgan fingerprint density at radius 1 is 0.955 bits per heavy atom. The lowest BCUT2D eigenvalue weighted by Crippen LogP contribution is -2.21. The van der Waals surface area contributed by atoms with Crippen molar-refractivity contribution in [2.24, 2.45) is 0 Å². The van der Waals surface area contributed by atoms with Crippen molar-refractivity contribution >= 4 is 23.2 Å². The van der Waals surface area contributed by atoms with Crippen LogP contribution in [0.4, 0.5) is 0 Å². The highest BCUT2D eigenvalue weighted by Gasteiger charge is 2.29. The summed E-state index contributed by atoms with van der Waals surface area (Å²) in [6.45, 7) is 1.32. The first kappa shape index (κ1) is 15.3. The Hall–Kier alpha value is -1.62. The van der Waals surface area contributed by atoms with Crippen molar-refractivity contribution in [3.05, 3.63) is 51.0 Å². The molecule has 1 aliphatic heterocycles. The molecule has 0 amide bonds. The maximum atomic E-state index is 10.0. The monoisotopic (exact) mass is 339 g/mol. The molecular formula is C16H15Cl2NO3. The lowest BCUT2D eigenvalue weighted by Gasteiger charge is -2.22. The predicted octanol–water partition coefficient (Wildman–Crippen LogP) is 3.39. The summed E-state index contributed by atoms with van der Waals surface area (Å²) >= 11 is 12.5. The molecule has 0 fully saturated rings. The Kier molecular flexibility index (Phi) is 4.08. The van der Waals surface area contributed by atoms with E-state index in [1.54, 1.807) is 12.1 Å². The Morgan fingerprint density at radius 3 is 2.27 bits per heavy atom. The van der Waals surface area contributed by atoms with Gasteiger partial charge in [0.15, 0.2) is 11.5 Å². The zero-order valence-electron chi connectivity index (χ0n) is 11.6. The molecule has 4 N–H and O–H groups in total. The van der Waals surface area contributed by atoms with Crippen LogP contribution < -0.4 is 5.32 Å². The number of benzene rings is 2. The Labute approximate surface area is 137 Å². The topological polar surface area (TPSA) is 72.7 Å². The standard InChI is InChI=1S/C16H15Cl2NO3/c17-13-10-5-6-19-7-11(8-1-3-9(20)4-2-8)12(10)14(18)16(22)15(13)21/h1-4,11,19-22H,5-7H2. The highest BCUT2D eigenvalue weighted by molar-refractivity contribution is 6.37. The fraction of sp³-hybridized carbons (Fsp3) is 0.250. The summed E-state index contributed by atoms with van der Waals surface area (Å²) in [7, 11) is 0. The molecule has 0 radical (unpaired) electrons. The lowest BCUT2D eigenvalue weighted by molar-refractivity contribution is 0.403. The van der Waals surface area contributed by atoms with Gasteiger partial charge in [-0.15, -0.1) is 0 Å². The highest BCUT2D eigenvalue weighted by Crippen LogP contribution is 2.48. The fourth-order valence-electron chi connectivity index (χ4n) is 2.89. The molecule has 1 atom stereocenters. The summed E-state index contributed by atoms with van der Waals surface area (Å²) in [5.41, 5.74) is 2.40. The largest absolute Gasteiger partial charge is 0.508 e. The molecule has 22 heavy (non-hydrogen) atoms. The van der Waals surface area contributed by atoms with Crippen LogP contribution in [0.5, 0.6) is 17.2 Å². The molecule has 0 bridgehead atoms. The smallest absolute Gasteiger partial charge is 0.178 e. The van der Waals surface area contributed by atoms with Crippen LogP contribution in [0.15, 0.2) is 24.3 Å².